The zero-order valence-corrected chi connectivity index (χ0v) is 13.1. The number of halogens is 1. The topological polar surface area (TPSA) is 34.1 Å². The molecule has 0 atom stereocenters. The summed E-state index contributed by atoms with van der Waals surface area (Å²) in [5.74, 6) is 1.70. The van der Waals surface area contributed by atoms with Crippen LogP contribution < -0.4 is 10.1 Å². The van der Waals surface area contributed by atoms with Gasteiger partial charge in [0.15, 0.2) is 0 Å². The van der Waals surface area contributed by atoms with Crippen LogP contribution in [0.5, 0.6) is 5.75 Å². The third-order valence-corrected chi connectivity index (χ3v) is 3.35. The molecule has 0 spiro atoms. The van der Waals surface area contributed by atoms with Gasteiger partial charge in [0, 0.05) is 10.7 Å². The van der Waals surface area contributed by atoms with E-state index in [0.717, 1.165) is 32.9 Å². The summed E-state index contributed by atoms with van der Waals surface area (Å²) >= 11 is 3.42. The lowest BCUT2D eigenvalue weighted by molar-refractivity contribution is 0.413. The fourth-order valence-corrected chi connectivity index (χ4v) is 2.56. The van der Waals surface area contributed by atoms with E-state index in [1.807, 2.05) is 19.9 Å². The molecule has 0 aliphatic carbocycles. The molecule has 1 aromatic heterocycles. The van der Waals surface area contributed by atoms with Gasteiger partial charge in [0.1, 0.15) is 11.6 Å². The lowest BCUT2D eigenvalue weighted by atomic mass is 10.1. The van der Waals surface area contributed by atoms with Crippen LogP contribution in [0.3, 0.4) is 0 Å². The molecule has 1 aromatic carbocycles. The van der Waals surface area contributed by atoms with Gasteiger partial charge >= 0.3 is 0 Å². The first-order valence-corrected chi connectivity index (χ1v) is 6.85. The number of rotatable bonds is 3. The SMILES string of the molecule is COc1c(C)cc(C)cc1Nc1ncc(Br)cc1C. The van der Waals surface area contributed by atoms with Crippen LogP contribution in [0.25, 0.3) is 0 Å². The van der Waals surface area contributed by atoms with Crippen molar-refractivity contribution in [3.05, 3.63) is 45.6 Å². The van der Waals surface area contributed by atoms with E-state index in [2.05, 4.69) is 45.3 Å². The van der Waals surface area contributed by atoms with Gasteiger partial charge in [0.2, 0.25) is 0 Å². The number of nitrogens with one attached hydrogen (secondary N) is 1. The highest BCUT2D eigenvalue weighted by atomic mass is 79.9. The van der Waals surface area contributed by atoms with Crippen molar-refractivity contribution in [2.24, 2.45) is 0 Å². The van der Waals surface area contributed by atoms with Gasteiger partial charge < -0.3 is 10.1 Å². The molecule has 0 fully saturated rings. The molecule has 2 rings (SSSR count). The van der Waals surface area contributed by atoms with E-state index in [0.29, 0.717) is 0 Å². The van der Waals surface area contributed by atoms with Crippen LogP contribution in [0.2, 0.25) is 0 Å². The van der Waals surface area contributed by atoms with Crippen molar-refractivity contribution in [3.63, 3.8) is 0 Å². The summed E-state index contributed by atoms with van der Waals surface area (Å²) in [5.41, 5.74) is 4.32. The molecule has 1 N–H and O–H groups in total. The molecule has 4 heteroatoms. The van der Waals surface area contributed by atoms with E-state index in [1.165, 1.54) is 5.56 Å². The van der Waals surface area contributed by atoms with Gasteiger partial charge in [0.05, 0.1) is 12.8 Å². The zero-order valence-electron chi connectivity index (χ0n) is 11.5. The van der Waals surface area contributed by atoms with Gasteiger partial charge in [-0.2, -0.15) is 0 Å². The number of hydrogen-bond acceptors (Lipinski definition) is 3. The van der Waals surface area contributed by atoms with Crippen LogP contribution in [-0.4, -0.2) is 12.1 Å². The maximum Gasteiger partial charge on any atom is 0.145 e. The number of anilines is 2. The summed E-state index contributed by atoms with van der Waals surface area (Å²) in [5, 5.41) is 3.34. The molecule has 2 aromatic rings. The van der Waals surface area contributed by atoms with Crippen molar-refractivity contribution >= 4 is 27.4 Å². The minimum atomic E-state index is 0.839. The number of pyridine rings is 1. The third-order valence-electron chi connectivity index (χ3n) is 2.92. The molecule has 3 nitrogen and oxygen atoms in total. The fraction of sp³-hybridized carbons (Fsp3) is 0.267. The molecule has 1 heterocycles. The second kappa shape index (κ2) is 5.61. The second-order valence-electron chi connectivity index (χ2n) is 4.61. The van der Waals surface area contributed by atoms with Crippen LogP contribution >= 0.6 is 15.9 Å². The fourth-order valence-electron chi connectivity index (χ4n) is 2.12. The molecule has 0 radical (unpaired) electrons. The van der Waals surface area contributed by atoms with Gasteiger partial charge in [-0.25, -0.2) is 4.98 Å². The molecule has 0 amide bonds. The Hall–Kier alpha value is -1.55. The second-order valence-corrected chi connectivity index (χ2v) is 5.52. The quantitative estimate of drug-likeness (QED) is 0.902. The Kier molecular flexibility index (Phi) is 4.10. The average molecular weight is 321 g/mol. The number of nitrogens with zero attached hydrogens (tertiary/aromatic N) is 1. The highest BCUT2D eigenvalue weighted by molar-refractivity contribution is 9.10. The number of benzene rings is 1. The van der Waals surface area contributed by atoms with Gasteiger partial charge in [-0.1, -0.05) is 6.07 Å². The number of aromatic nitrogens is 1. The van der Waals surface area contributed by atoms with Gasteiger partial charge in [-0.15, -0.1) is 0 Å². The summed E-state index contributed by atoms with van der Waals surface area (Å²) in [6, 6.07) is 6.20. The number of aryl methyl sites for hydroxylation is 3. The molecule has 0 saturated heterocycles. The Morgan fingerprint density at radius 3 is 2.47 bits per heavy atom. The Bertz CT molecular complexity index is 611. The van der Waals surface area contributed by atoms with Gasteiger partial charge in [0.25, 0.3) is 0 Å². The molecular formula is C15H17BrN2O. The van der Waals surface area contributed by atoms with Crippen LogP contribution in [0.1, 0.15) is 16.7 Å². The Balaban J connectivity index is 2.42. The molecule has 0 bridgehead atoms. The highest BCUT2D eigenvalue weighted by Crippen LogP contribution is 2.32. The van der Waals surface area contributed by atoms with E-state index < -0.39 is 0 Å². The first-order chi connectivity index (χ1) is 9.01. The van der Waals surface area contributed by atoms with E-state index in [4.69, 9.17) is 4.74 Å². The van der Waals surface area contributed by atoms with E-state index in [-0.39, 0.29) is 0 Å². The van der Waals surface area contributed by atoms with Crippen LogP contribution in [-0.2, 0) is 0 Å². The lowest BCUT2D eigenvalue weighted by Crippen LogP contribution is -2.00. The highest BCUT2D eigenvalue weighted by Gasteiger charge is 2.09. The number of hydrogen-bond donors (Lipinski definition) is 1. The summed E-state index contributed by atoms with van der Waals surface area (Å²) in [6.07, 6.45) is 1.78. The lowest BCUT2D eigenvalue weighted by Gasteiger charge is -2.15. The summed E-state index contributed by atoms with van der Waals surface area (Å²) in [6.45, 7) is 6.13. The normalized spacial score (nSPS) is 10.4. The summed E-state index contributed by atoms with van der Waals surface area (Å²) < 4.78 is 6.44. The number of methoxy groups -OCH3 is 1. The molecule has 0 aliphatic rings. The van der Waals surface area contributed by atoms with Gasteiger partial charge in [-0.3, -0.25) is 0 Å². The maximum absolute atomic E-state index is 5.47. The van der Waals surface area contributed by atoms with E-state index >= 15 is 0 Å². The Morgan fingerprint density at radius 2 is 1.84 bits per heavy atom. The van der Waals surface area contributed by atoms with Crippen molar-refractivity contribution in [2.45, 2.75) is 20.8 Å². The Labute approximate surface area is 122 Å². The van der Waals surface area contributed by atoms with E-state index in [9.17, 15) is 0 Å². The summed E-state index contributed by atoms with van der Waals surface area (Å²) in [4.78, 5) is 4.39. The zero-order chi connectivity index (χ0) is 14.0. The maximum atomic E-state index is 5.47. The predicted molar refractivity (Wildman–Crippen MR) is 82.4 cm³/mol. The Morgan fingerprint density at radius 1 is 1.11 bits per heavy atom. The molecule has 19 heavy (non-hydrogen) atoms. The molecule has 0 unspecified atom stereocenters. The molecule has 0 aliphatic heterocycles. The average Bonchev–Trinajstić information content (AvgIpc) is 2.32. The predicted octanol–water partition coefficient (Wildman–Crippen LogP) is 4.52. The molecule has 0 saturated carbocycles. The first-order valence-electron chi connectivity index (χ1n) is 6.05. The van der Waals surface area contributed by atoms with Crippen molar-refractivity contribution in [3.8, 4) is 5.75 Å². The largest absolute Gasteiger partial charge is 0.494 e. The molecule has 100 valence electrons. The van der Waals surface area contributed by atoms with Crippen molar-refractivity contribution < 1.29 is 4.74 Å². The first kappa shape index (κ1) is 13.9. The standard InChI is InChI=1S/C15H17BrN2O/c1-9-5-10(2)14(19-4)13(6-9)18-15-11(3)7-12(16)8-17-15/h5-8H,1-4H3,(H,17,18). The smallest absolute Gasteiger partial charge is 0.145 e. The molecular weight excluding hydrogens is 304 g/mol. The van der Waals surface area contributed by atoms with E-state index in [1.54, 1.807) is 13.3 Å². The summed E-state index contributed by atoms with van der Waals surface area (Å²) in [7, 11) is 1.69. The van der Waals surface area contributed by atoms with Crippen molar-refractivity contribution in [1.82, 2.24) is 4.98 Å². The van der Waals surface area contributed by atoms with Gasteiger partial charge in [-0.05, 0) is 65.5 Å². The monoisotopic (exact) mass is 320 g/mol. The van der Waals surface area contributed by atoms with Crippen LogP contribution in [0, 0.1) is 20.8 Å². The minimum Gasteiger partial charge on any atom is -0.494 e. The third kappa shape index (κ3) is 3.07. The van der Waals surface area contributed by atoms with Crippen LogP contribution in [0.4, 0.5) is 11.5 Å². The van der Waals surface area contributed by atoms with Crippen LogP contribution in [0.15, 0.2) is 28.9 Å². The van der Waals surface area contributed by atoms with Crippen molar-refractivity contribution in [1.29, 1.82) is 0 Å². The van der Waals surface area contributed by atoms with Crippen molar-refractivity contribution in [2.75, 3.05) is 12.4 Å². The number of ether oxygens (including phenoxy) is 1. The minimum absolute atomic E-state index is 0.839.